The van der Waals surface area contributed by atoms with Crippen LogP contribution < -0.4 is 10.6 Å². The molecule has 0 spiro atoms. The summed E-state index contributed by atoms with van der Waals surface area (Å²) in [4.78, 5) is 32.0. The van der Waals surface area contributed by atoms with Gasteiger partial charge in [0.1, 0.15) is 0 Å². The van der Waals surface area contributed by atoms with E-state index < -0.39 is 11.8 Å². The number of benzene rings is 1. The van der Waals surface area contributed by atoms with E-state index in [1.54, 1.807) is 36.0 Å². The highest BCUT2D eigenvalue weighted by Gasteiger charge is 2.15. The molecule has 20 heavy (non-hydrogen) atoms. The maximum Gasteiger partial charge on any atom is 0.316 e. The summed E-state index contributed by atoms with van der Waals surface area (Å²) in [6.45, 7) is 0. The molecule has 0 unspecified atom stereocenters. The maximum atomic E-state index is 11.7. The number of rotatable bonds is 3. The molecule has 1 aromatic carbocycles. The second-order valence-corrected chi connectivity index (χ2v) is 4.59. The maximum absolute atomic E-state index is 11.7. The zero-order valence-electron chi connectivity index (χ0n) is 10.7. The monoisotopic (exact) mass is 288 g/mol. The number of carbonyl (C=O) groups is 2. The number of hydrogen-bond donors (Lipinski definition) is 2. The van der Waals surface area contributed by atoms with Gasteiger partial charge in [-0.05, 0) is 30.5 Å². The zero-order valence-corrected chi connectivity index (χ0v) is 11.5. The normalized spacial score (nSPS) is 9.85. The molecule has 0 aliphatic carbocycles. The molecule has 0 saturated carbocycles. The van der Waals surface area contributed by atoms with Crippen molar-refractivity contribution < 1.29 is 9.59 Å². The minimum atomic E-state index is -0.814. The first-order valence-electron chi connectivity index (χ1n) is 5.72. The van der Waals surface area contributed by atoms with Crippen LogP contribution >= 0.6 is 11.8 Å². The molecule has 2 rings (SSSR count). The standard InChI is InChI=1S/C13H12N4O2S/c1-20-10-5-2-4-9(8-10)16-11(18)12(19)17-13-14-6-3-7-15-13/h2-8H,1H3,(H,16,18)(H,14,15,17,19). The van der Waals surface area contributed by atoms with Crippen LogP contribution in [0.3, 0.4) is 0 Å². The molecule has 2 amide bonds. The van der Waals surface area contributed by atoms with Crippen LogP contribution in [0.2, 0.25) is 0 Å². The second-order valence-electron chi connectivity index (χ2n) is 3.71. The zero-order chi connectivity index (χ0) is 14.4. The number of amides is 2. The molecular formula is C13H12N4O2S. The Balaban J connectivity index is 1.99. The molecule has 0 radical (unpaired) electrons. The Morgan fingerprint density at radius 3 is 2.45 bits per heavy atom. The molecule has 0 fully saturated rings. The molecule has 0 atom stereocenters. The number of aromatic nitrogens is 2. The SMILES string of the molecule is CSc1cccc(NC(=O)C(=O)Nc2ncccn2)c1. The Morgan fingerprint density at radius 1 is 1.05 bits per heavy atom. The second kappa shape index (κ2) is 6.67. The van der Waals surface area contributed by atoms with E-state index in [-0.39, 0.29) is 5.95 Å². The first-order chi connectivity index (χ1) is 9.69. The largest absolute Gasteiger partial charge is 0.318 e. The lowest BCUT2D eigenvalue weighted by atomic mass is 10.3. The highest BCUT2D eigenvalue weighted by Crippen LogP contribution is 2.18. The quantitative estimate of drug-likeness (QED) is 0.664. The predicted octanol–water partition coefficient (Wildman–Crippen LogP) is 1.78. The van der Waals surface area contributed by atoms with Crippen molar-refractivity contribution >= 4 is 35.2 Å². The van der Waals surface area contributed by atoms with Gasteiger partial charge in [-0.25, -0.2) is 9.97 Å². The first kappa shape index (κ1) is 14.0. The molecule has 0 saturated heterocycles. The number of carbonyl (C=O) groups excluding carboxylic acids is 2. The Morgan fingerprint density at radius 2 is 1.75 bits per heavy atom. The summed E-state index contributed by atoms with van der Waals surface area (Å²) < 4.78 is 0. The molecule has 102 valence electrons. The highest BCUT2D eigenvalue weighted by molar-refractivity contribution is 7.98. The van der Waals surface area contributed by atoms with Gasteiger partial charge >= 0.3 is 11.8 Å². The molecule has 0 bridgehead atoms. The van der Waals surface area contributed by atoms with Crippen molar-refractivity contribution in [1.29, 1.82) is 0 Å². The summed E-state index contributed by atoms with van der Waals surface area (Å²) in [5.41, 5.74) is 0.561. The Bertz CT molecular complexity index is 619. The minimum absolute atomic E-state index is 0.0884. The van der Waals surface area contributed by atoms with Gasteiger partial charge in [-0.1, -0.05) is 6.07 Å². The molecular weight excluding hydrogens is 276 g/mol. The molecule has 2 aromatic rings. The highest BCUT2D eigenvalue weighted by atomic mass is 32.2. The number of hydrogen-bond acceptors (Lipinski definition) is 5. The van der Waals surface area contributed by atoms with Gasteiger partial charge in [-0.15, -0.1) is 11.8 Å². The number of thioether (sulfide) groups is 1. The van der Waals surface area contributed by atoms with Crippen molar-refractivity contribution in [2.75, 3.05) is 16.9 Å². The van der Waals surface area contributed by atoms with Gasteiger partial charge in [-0.2, -0.15) is 0 Å². The summed E-state index contributed by atoms with van der Waals surface area (Å²) in [7, 11) is 0. The fourth-order valence-electron chi connectivity index (χ4n) is 1.41. The van der Waals surface area contributed by atoms with Crippen LogP contribution in [-0.2, 0) is 9.59 Å². The van der Waals surface area contributed by atoms with Crippen molar-refractivity contribution in [3.8, 4) is 0 Å². The van der Waals surface area contributed by atoms with Crippen LogP contribution in [0.4, 0.5) is 11.6 Å². The van der Waals surface area contributed by atoms with Gasteiger partial charge in [0.05, 0.1) is 0 Å². The van der Waals surface area contributed by atoms with Crippen LogP contribution in [0.15, 0.2) is 47.6 Å². The molecule has 0 aliphatic heterocycles. The summed E-state index contributed by atoms with van der Waals surface area (Å²) in [5, 5.41) is 4.83. The van der Waals surface area contributed by atoms with E-state index in [1.165, 1.54) is 12.4 Å². The van der Waals surface area contributed by atoms with Crippen LogP contribution in [0.25, 0.3) is 0 Å². The van der Waals surface area contributed by atoms with Gasteiger partial charge in [0.15, 0.2) is 0 Å². The Kier molecular flexibility index (Phi) is 4.67. The van der Waals surface area contributed by atoms with Crippen molar-refractivity contribution in [2.45, 2.75) is 4.90 Å². The molecule has 1 aromatic heterocycles. The lowest BCUT2D eigenvalue weighted by molar-refractivity contribution is -0.133. The van der Waals surface area contributed by atoms with Crippen molar-refractivity contribution in [2.24, 2.45) is 0 Å². The lowest BCUT2D eigenvalue weighted by Gasteiger charge is -2.06. The van der Waals surface area contributed by atoms with Crippen LogP contribution in [0, 0.1) is 0 Å². The molecule has 0 aliphatic rings. The van der Waals surface area contributed by atoms with E-state index in [9.17, 15) is 9.59 Å². The van der Waals surface area contributed by atoms with Gasteiger partial charge in [-0.3, -0.25) is 14.9 Å². The van der Waals surface area contributed by atoms with Gasteiger partial charge in [0, 0.05) is 23.0 Å². The Hall–Kier alpha value is -2.41. The van der Waals surface area contributed by atoms with E-state index in [0.717, 1.165) is 4.90 Å². The van der Waals surface area contributed by atoms with Crippen LogP contribution in [-0.4, -0.2) is 28.0 Å². The summed E-state index contributed by atoms with van der Waals surface area (Å²) in [5.74, 6) is -1.49. The van der Waals surface area contributed by atoms with Crippen molar-refractivity contribution in [1.82, 2.24) is 9.97 Å². The third-order valence-corrected chi connectivity index (χ3v) is 3.05. The summed E-state index contributed by atoms with van der Waals surface area (Å²) in [6, 6.07) is 8.83. The molecule has 7 heteroatoms. The minimum Gasteiger partial charge on any atom is -0.318 e. The van der Waals surface area contributed by atoms with E-state index in [2.05, 4.69) is 20.6 Å². The molecule has 6 nitrogen and oxygen atoms in total. The van der Waals surface area contributed by atoms with Gasteiger partial charge < -0.3 is 5.32 Å². The summed E-state index contributed by atoms with van der Waals surface area (Å²) >= 11 is 1.55. The first-order valence-corrected chi connectivity index (χ1v) is 6.95. The Labute approximate surface area is 120 Å². The lowest BCUT2D eigenvalue weighted by Crippen LogP contribution is -2.29. The van der Waals surface area contributed by atoms with Crippen molar-refractivity contribution in [3.05, 3.63) is 42.7 Å². The average Bonchev–Trinajstić information content (AvgIpc) is 2.48. The number of anilines is 2. The summed E-state index contributed by atoms with van der Waals surface area (Å²) in [6.07, 6.45) is 4.88. The third kappa shape index (κ3) is 3.79. The van der Waals surface area contributed by atoms with E-state index in [1.807, 2.05) is 12.3 Å². The fourth-order valence-corrected chi connectivity index (χ4v) is 1.87. The smallest absolute Gasteiger partial charge is 0.316 e. The number of nitrogens with zero attached hydrogens (tertiary/aromatic N) is 2. The van der Waals surface area contributed by atoms with Crippen molar-refractivity contribution in [3.63, 3.8) is 0 Å². The van der Waals surface area contributed by atoms with E-state index in [0.29, 0.717) is 5.69 Å². The van der Waals surface area contributed by atoms with E-state index in [4.69, 9.17) is 0 Å². The van der Waals surface area contributed by atoms with Crippen LogP contribution in [0.5, 0.6) is 0 Å². The van der Waals surface area contributed by atoms with Gasteiger partial charge in [0.2, 0.25) is 5.95 Å². The van der Waals surface area contributed by atoms with Crippen LogP contribution in [0.1, 0.15) is 0 Å². The molecule has 1 heterocycles. The molecule has 2 N–H and O–H groups in total. The van der Waals surface area contributed by atoms with E-state index >= 15 is 0 Å². The predicted molar refractivity (Wildman–Crippen MR) is 77.5 cm³/mol. The fraction of sp³-hybridized carbons (Fsp3) is 0.0769. The third-order valence-electron chi connectivity index (χ3n) is 2.32. The average molecular weight is 288 g/mol. The number of nitrogens with one attached hydrogen (secondary N) is 2. The topological polar surface area (TPSA) is 84.0 Å². The van der Waals surface area contributed by atoms with Gasteiger partial charge in [0.25, 0.3) is 0 Å².